The third-order valence-corrected chi connectivity index (χ3v) is 3.62. The molecule has 6 heteroatoms. The van der Waals surface area contributed by atoms with Crippen LogP contribution in [0.3, 0.4) is 0 Å². The van der Waals surface area contributed by atoms with E-state index in [-0.39, 0.29) is 0 Å². The van der Waals surface area contributed by atoms with Gasteiger partial charge in [-0.1, -0.05) is 0 Å². The topological polar surface area (TPSA) is 60.6 Å². The van der Waals surface area contributed by atoms with Crippen LogP contribution in [0.25, 0.3) is 10.8 Å². The van der Waals surface area contributed by atoms with E-state index in [0.29, 0.717) is 6.54 Å². The molecule has 1 N–H and O–H groups in total. The van der Waals surface area contributed by atoms with Crippen LogP contribution in [0.1, 0.15) is 17.0 Å². The first-order chi connectivity index (χ1) is 9.56. The van der Waals surface area contributed by atoms with Crippen LogP contribution in [0.4, 0.5) is 5.82 Å². The molecule has 0 amide bonds. The molecule has 3 aromatic heterocycles. The summed E-state index contributed by atoms with van der Waals surface area (Å²) >= 11 is 0. The van der Waals surface area contributed by atoms with Crippen molar-refractivity contribution in [1.82, 2.24) is 24.5 Å². The van der Waals surface area contributed by atoms with Crippen LogP contribution < -0.4 is 5.32 Å². The maximum absolute atomic E-state index is 4.28. The first-order valence-electron chi connectivity index (χ1n) is 6.56. The third kappa shape index (κ3) is 2.03. The van der Waals surface area contributed by atoms with E-state index in [0.717, 1.165) is 22.5 Å². The second-order valence-corrected chi connectivity index (χ2v) is 5.12. The first-order valence-corrected chi connectivity index (χ1v) is 6.56. The Morgan fingerprint density at radius 1 is 1.15 bits per heavy atom. The normalized spacial score (nSPS) is 11.2. The summed E-state index contributed by atoms with van der Waals surface area (Å²) in [6.45, 7) is 4.78. The van der Waals surface area contributed by atoms with Crippen LogP contribution in [0.15, 0.2) is 18.6 Å². The summed E-state index contributed by atoms with van der Waals surface area (Å²) < 4.78 is 3.90. The van der Waals surface area contributed by atoms with Gasteiger partial charge >= 0.3 is 0 Å². The van der Waals surface area contributed by atoms with E-state index in [4.69, 9.17) is 0 Å². The number of fused-ring (bicyclic) bond motifs is 1. The van der Waals surface area contributed by atoms with Gasteiger partial charge in [-0.05, 0) is 13.8 Å². The second-order valence-electron chi connectivity index (χ2n) is 5.12. The molecule has 0 spiro atoms. The highest BCUT2D eigenvalue weighted by Crippen LogP contribution is 2.27. The van der Waals surface area contributed by atoms with Crippen LogP contribution in [0.5, 0.6) is 0 Å². The lowest BCUT2D eigenvalue weighted by atomic mass is 10.2. The lowest BCUT2D eigenvalue weighted by Crippen LogP contribution is -2.03. The summed E-state index contributed by atoms with van der Waals surface area (Å²) in [4.78, 5) is 0. The first kappa shape index (κ1) is 12.7. The summed E-state index contributed by atoms with van der Waals surface area (Å²) in [7, 11) is 3.95. The molecule has 0 bridgehead atoms. The molecule has 0 saturated carbocycles. The van der Waals surface area contributed by atoms with Crippen molar-refractivity contribution in [3.8, 4) is 0 Å². The van der Waals surface area contributed by atoms with Gasteiger partial charge in [-0.3, -0.25) is 4.68 Å². The number of hydrogen-bond donors (Lipinski definition) is 1. The number of aromatic nitrogens is 5. The van der Waals surface area contributed by atoms with E-state index in [2.05, 4.69) is 38.3 Å². The molecule has 20 heavy (non-hydrogen) atoms. The third-order valence-electron chi connectivity index (χ3n) is 3.62. The highest BCUT2D eigenvalue weighted by atomic mass is 15.2. The molecule has 0 aromatic carbocycles. The minimum absolute atomic E-state index is 0.689. The molecule has 0 aliphatic rings. The monoisotopic (exact) mass is 270 g/mol. The molecule has 0 atom stereocenters. The largest absolute Gasteiger partial charge is 0.364 e. The molecule has 0 radical (unpaired) electrons. The average molecular weight is 270 g/mol. The molecule has 3 heterocycles. The van der Waals surface area contributed by atoms with Crippen molar-refractivity contribution in [1.29, 1.82) is 0 Å². The van der Waals surface area contributed by atoms with Crippen molar-refractivity contribution in [2.24, 2.45) is 14.1 Å². The van der Waals surface area contributed by atoms with E-state index in [1.54, 1.807) is 4.68 Å². The van der Waals surface area contributed by atoms with E-state index in [1.165, 1.54) is 11.1 Å². The summed E-state index contributed by atoms with van der Waals surface area (Å²) in [6, 6.07) is 0. The van der Waals surface area contributed by atoms with Gasteiger partial charge in [0.15, 0.2) is 5.82 Å². The molecule has 3 rings (SSSR count). The van der Waals surface area contributed by atoms with Crippen molar-refractivity contribution >= 4 is 16.6 Å². The molecule has 0 unspecified atom stereocenters. The van der Waals surface area contributed by atoms with E-state index in [9.17, 15) is 0 Å². The van der Waals surface area contributed by atoms with Gasteiger partial charge in [0.05, 0.1) is 11.9 Å². The average Bonchev–Trinajstić information content (AvgIpc) is 2.95. The van der Waals surface area contributed by atoms with E-state index in [1.807, 2.05) is 33.4 Å². The Morgan fingerprint density at radius 3 is 2.65 bits per heavy atom. The number of aryl methyl sites for hydroxylation is 4. The minimum atomic E-state index is 0.689. The van der Waals surface area contributed by atoms with Crippen LogP contribution >= 0.6 is 0 Å². The van der Waals surface area contributed by atoms with E-state index >= 15 is 0 Å². The molecule has 6 nitrogen and oxygen atoms in total. The van der Waals surface area contributed by atoms with Crippen LogP contribution in [-0.4, -0.2) is 24.5 Å². The zero-order valence-corrected chi connectivity index (χ0v) is 12.2. The summed E-state index contributed by atoms with van der Waals surface area (Å²) in [5.41, 5.74) is 3.29. The van der Waals surface area contributed by atoms with Crippen molar-refractivity contribution in [3.05, 3.63) is 35.5 Å². The standard InChI is InChI=1S/C14H18N6/c1-9-13-10(2)19(3)8-12(13)14(18-17-9)15-5-11-6-16-20(4)7-11/h6-8H,5H2,1-4H3,(H,15,18). The van der Waals surface area contributed by atoms with Crippen LogP contribution in [0.2, 0.25) is 0 Å². The molecule has 0 aliphatic carbocycles. The molecular formula is C14H18N6. The van der Waals surface area contributed by atoms with E-state index < -0.39 is 0 Å². The van der Waals surface area contributed by atoms with Gasteiger partial charge in [-0.15, -0.1) is 5.10 Å². The molecule has 104 valence electrons. The van der Waals surface area contributed by atoms with Crippen molar-refractivity contribution in [2.45, 2.75) is 20.4 Å². The number of rotatable bonds is 3. The van der Waals surface area contributed by atoms with Crippen molar-refractivity contribution in [2.75, 3.05) is 5.32 Å². The lowest BCUT2D eigenvalue weighted by Gasteiger charge is -2.06. The maximum atomic E-state index is 4.28. The van der Waals surface area contributed by atoms with Gasteiger partial charge in [-0.25, -0.2) is 0 Å². The molecule has 3 aromatic rings. The zero-order valence-electron chi connectivity index (χ0n) is 12.2. The smallest absolute Gasteiger partial charge is 0.158 e. The van der Waals surface area contributed by atoms with Crippen molar-refractivity contribution < 1.29 is 0 Å². The van der Waals surface area contributed by atoms with Gasteiger partial charge in [0.1, 0.15) is 0 Å². The van der Waals surface area contributed by atoms with Gasteiger partial charge in [-0.2, -0.15) is 10.2 Å². The Labute approximate surface area is 117 Å². The highest BCUT2D eigenvalue weighted by molar-refractivity contribution is 5.95. The number of hydrogen-bond acceptors (Lipinski definition) is 4. The second kappa shape index (κ2) is 4.63. The Kier molecular flexibility index (Phi) is 2.93. The SMILES string of the molecule is Cc1nnc(NCc2cnn(C)c2)c2cn(C)c(C)c12. The molecule has 0 saturated heterocycles. The fraction of sp³-hybridized carbons (Fsp3) is 0.357. The van der Waals surface area contributed by atoms with Crippen LogP contribution in [-0.2, 0) is 20.6 Å². The Morgan fingerprint density at radius 2 is 1.95 bits per heavy atom. The zero-order chi connectivity index (χ0) is 14.3. The predicted octanol–water partition coefficient (Wildman–Crippen LogP) is 1.93. The Balaban J connectivity index is 1.96. The fourth-order valence-electron chi connectivity index (χ4n) is 2.47. The number of nitrogens with one attached hydrogen (secondary N) is 1. The van der Waals surface area contributed by atoms with Gasteiger partial charge in [0.2, 0.25) is 0 Å². The Hall–Kier alpha value is -2.37. The molecule has 0 aliphatic heterocycles. The summed E-state index contributed by atoms with van der Waals surface area (Å²) in [6.07, 6.45) is 5.93. The lowest BCUT2D eigenvalue weighted by molar-refractivity contribution is 0.767. The number of nitrogens with zero attached hydrogens (tertiary/aromatic N) is 5. The highest BCUT2D eigenvalue weighted by Gasteiger charge is 2.12. The quantitative estimate of drug-likeness (QED) is 0.790. The Bertz CT molecular complexity index is 767. The van der Waals surface area contributed by atoms with Crippen LogP contribution in [0, 0.1) is 13.8 Å². The molecule has 0 fully saturated rings. The van der Waals surface area contributed by atoms with Crippen molar-refractivity contribution in [3.63, 3.8) is 0 Å². The molecular weight excluding hydrogens is 252 g/mol. The maximum Gasteiger partial charge on any atom is 0.158 e. The summed E-state index contributed by atoms with van der Waals surface area (Å²) in [5.74, 6) is 0.818. The minimum Gasteiger partial charge on any atom is -0.364 e. The summed E-state index contributed by atoms with van der Waals surface area (Å²) in [5, 5.41) is 18.3. The van der Waals surface area contributed by atoms with Gasteiger partial charge in [0, 0.05) is 55.1 Å². The fourth-order valence-corrected chi connectivity index (χ4v) is 2.47. The van der Waals surface area contributed by atoms with Gasteiger partial charge in [0.25, 0.3) is 0 Å². The van der Waals surface area contributed by atoms with Gasteiger partial charge < -0.3 is 9.88 Å². The number of anilines is 1. The predicted molar refractivity (Wildman–Crippen MR) is 78.5 cm³/mol.